The van der Waals surface area contributed by atoms with Crippen molar-refractivity contribution in [1.82, 2.24) is 4.90 Å². The summed E-state index contributed by atoms with van der Waals surface area (Å²) in [5.74, 6) is -0.102. The Kier molecular flexibility index (Phi) is 8.85. The second kappa shape index (κ2) is 12.3. The molecule has 0 fully saturated rings. The monoisotopic (exact) mass is 525 g/mol. The average molecular weight is 526 g/mol. The van der Waals surface area contributed by atoms with Crippen LogP contribution in [0.15, 0.2) is 72.8 Å². The summed E-state index contributed by atoms with van der Waals surface area (Å²) in [7, 11) is 0. The van der Waals surface area contributed by atoms with Crippen LogP contribution >= 0.6 is 0 Å². The molecule has 4 rings (SSSR count). The van der Waals surface area contributed by atoms with Crippen LogP contribution in [-0.4, -0.2) is 35.7 Å². The predicted molar refractivity (Wildman–Crippen MR) is 157 cm³/mol. The lowest BCUT2D eigenvalue weighted by Crippen LogP contribution is -2.41. The molecule has 0 saturated carbocycles. The van der Waals surface area contributed by atoms with Crippen LogP contribution in [0.25, 0.3) is 0 Å². The molecule has 6 nitrogen and oxygen atoms in total. The number of anilines is 3. The number of amides is 3. The van der Waals surface area contributed by atoms with E-state index in [1.807, 2.05) is 74.2 Å². The van der Waals surface area contributed by atoms with Crippen LogP contribution in [-0.2, 0) is 22.4 Å². The molecule has 0 radical (unpaired) electrons. The molecule has 0 saturated heterocycles. The minimum absolute atomic E-state index is 0.106. The molecule has 3 aromatic rings. The lowest BCUT2D eigenvalue weighted by atomic mass is 9.86. The van der Waals surface area contributed by atoms with E-state index in [9.17, 15) is 14.4 Å². The second-order valence-corrected chi connectivity index (χ2v) is 10.8. The molecule has 1 heterocycles. The van der Waals surface area contributed by atoms with Crippen molar-refractivity contribution in [3.05, 3.63) is 89.5 Å². The highest BCUT2D eigenvalue weighted by Gasteiger charge is 2.30. The van der Waals surface area contributed by atoms with Crippen LogP contribution in [0.4, 0.5) is 17.1 Å². The van der Waals surface area contributed by atoms with Gasteiger partial charge in [0, 0.05) is 18.5 Å². The highest BCUT2D eigenvalue weighted by molar-refractivity contribution is 6.17. The van der Waals surface area contributed by atoms with Crippen molar-refractivity contribution in [3.63, 3.8) is 0 Å². The number of carbonyl (C=O) groups excluding carboxylic acids is 3. The van der Waals surface area contributed by atoms with Crippen molar-refractivity contribution in [2.75, 3.05) is 23.3 Å². The largest absolute Gasteiger partial charge is 0.343 e. The van der Waals surface area contributed by atoms with E-state index in [1.165, 1.54) is 5.56 Å². The lowest BCUT2D eigenvalue weighted by Gasteiger charge is -2.31. The third-order valence-corrected chi connectivity index (χ3v) is 7.43. The third-order valence-electron chi connectivity index (χ3n) is 7.43. The Morgan fingerprint density at radius 2 is 1.51 bits per heavy atom. The van der Waals surface area contributed by atoms with Gasteiger partial charge in [-0.25, -0.2) is 0 Å². The van der Waals surface area contributed by atoms with Crippen molar-refractivity contribution in [2.24, 2.45) is 5.41 Å². The molecule has 0 unspecified atom stereocenters. The summed E-state index contributed by atoms with van der Waals surface area (Å²) in [5, 5.41) is 2.93. The zero-order valence-corrected chi connectivity index (χ0v) is 23.5. The molecule has 204 valence electrons. The van der Waals surface area contributed by atoms with Gasteiger partial charge >= 0.3 is 0 Å². The van der Waals surface area contributed by atoms with E-state index in [1.54, 1.807) is 17.0 Å². The van der Waals surface area contributed by atoms with Gasteiger partial charge in [0.05, 0.1) is 29.0 Å². The number of benzene rings is 3. The maximum Gasteiger partial charge on any atom is 0.257 e. The summed E-state index contributed by atoms with van der Waals surface area (Å²) in [5.41, 5.74) is 4.09. The molecule has 0 aromatic heterocycles. The highest BCUT2D eigenvalue weighted by atomic mass is 16.2. The van der Waals surface area contributed by atoms with Gasteiger partial charge in [0.15, 0.2) is 0 Å². The van der Waals surface area contributed by atoms with Gasteiger partial charge in [-0.05, 0) is 61.6 Å². The highest BCUT2D eigenvalue weighted by Crippen LogP contribution is 2.38. The van der Waals surface area contributed by atoms with Crippen LogP contribution in [0.2, 0.25) is 0 Å². The van der Waals surface area contributed by atoms with Crippen LogP contribution < -0.4 is 10.2 Å². The normalized spacial score (nSPS) is 12.7. The van der Waals surface area contributed by atoms with Gasteiger partial charge in [-0.15, -0.1) is 0 Å². The molecule has 0 atom stereocenters. The molecule has 6 heteroatoms. The number of fused-ring (bicyclic) bond motifs is 2. The topological polar surface area (TPSA) is 69.7 Å². The van der Waals surface area contributed by atoms with Gasteiger partial charge in [-0.2, -0.15) is 0 Å². The summed E-state index contributed by atoms with van der Waals surface area (Å²) in [6, 6.07) is 22.7. The lowest BCUT2D eigenvalue weighted by molar-refractivity contribution is -0.140. The number of nitrogens with zero attached hydrogens (tertiary/aromatic N) is 2. The quantitative estimate of drug-likeness (QED) is 0.318. The van der Waals surface area contributed by atoms with E-state index in [2.05, 4.69) is 24.4 Å². The van der Waals surface area contributed by atoms with Crippen molar-refractivity contribution in [2.45, 2.75) is 59.8 Å². The molecular formula is C33H39N3O3. The van der Waals surface area contributed by atoms with Crippen molar-refractivity contribution >= 4 is 34.8 Å². The molecule has 1 aliphatic rings. The Bertz CT molecular complexity index is 1330. The summed E-state index contributed by atoms with van der Waals surface area (Å²) < 4.78 is 0. The van der Waals surface area contributed by atoms with E-state index < -0.39 is 0 Å². The SMILES string of the molecule is CCCC(C)(C)C(=O)N(CC)CCCc1ccc(CC(=O)N2c3ccccc3NC(=O)c3ccccc32)cc1. The summed E-state index contributed by atoms with van der Waals surface area (Å²) in [4.78, 5) is 43.1. The van der Waals surface area contributed by atoms with Crippen molar-refractivity contribution in [3.8, 4) is 0 Å². The Labute approximate surface area is 232 Å². The third kappa shape index (κ3) is 6.39. The van der Waals surface area contributed by atoms with Gasteiger partial charge in [0.1, 0.15) is 0 Å². The second-order valence-electron chi connectivity index (χ2n) is 10.8. The first kappa shape index (κ1) is 28.1. The average Bonchev–Trinajstić information content (AvgIpc) is 3.05. The first-order chi connectivity index (χ1) is 18.7. The van der Waals surface area contributed by atoms with Crippen LogP contribution in [0.1, 0.15) is 68.4 Å². The molecule has 3 amide bonds. The zero-order chi connectivity index (χ0) is 28.0. The van der Waals surface area contributed by atoms with Crippen LogP contribution in [0.3, 0.4) is 0 Å². The van der Waals surface area contributed by atoms with Gasteiger partial charge in [0.25, 0.3) is 5.91 Å². The zero-order valence-electron chi connectivity index (χ0n) is 23.5. The molecule has 3 aromatic carbocycles. The first-order valence-corrected chi connectivity index (χ1v) is 13.9. The van der Waals surface area contributed by atoms with Gasteiger partial charge < -0.3 is 10.2 Å². The number of nitrogens with one attached hydrogen (secondary N) is 1. The van der Waals surface area contributed by atoms with E-state index in [0.717, 1.165) is 44.3 Å². The fraction of sp³-hybridized carbons (Fsp3) is 0.364. The molecule has 0 spiro atoms. The molecular weight excluding hydrogens is 486 g/mol. The number of aryl methyl sites for hydroxylation is 1. The molecule has 0 aliphatic carbocycles. The summed E-state index contributed by atoms with van der Waals surface area (Å²) in [6.45, 7) is 9.70. The maximum absolute atomic E-state index is 13.7. The Hall–Kier alpha value is -3.93. The minimum atomic E-state index is -0.323. The number of hydrogen-bond acceptors (Lipinski definition) is 3. The van der Waals surface area contributed by atoms with E-state index >= 15 is 0 Å². The van der Waals surface area contributed by atoms with E-state index in [0.29, 0.717) is 22.6 Å². The van der Waals surface area contributed by atoms with Gasteiger partial charge in [-0.1, -0.05) is 75.7 Å². The van der Waals surface area contributed by atoms with Gasteiger partial charge in [0.2, 0.25) is 11.8 Å². The molecule has 39 heavy (non-hydrogen) atoms. The first-order valence-electron chi connectivity index (χ1n) is 13.9. The fourth-order valence-electron chi connectivity index (χ4n) is 5.34. The van der Waals surface area contributed by atoms with Crippen molar-refractivity contribution < 1.29 is 14.4 Å². The van der Waals surface area contributed by atoms with Crippen LogP contribution in [0, 0.1) is 5.41 Å². The van der Waals surface area contributed by atoms with Crippen LogP contribution in [0.5, 0.6) is 0 Å². The molecule has 0 bridgehead atoms. The minimum Gasteiger partial charge on any atom is -0.343 e. The Balaban J connectivity index is 1.42. The Morgan fingerprint density at radius 1 is 0.872 bits per heavy atom. The molecule has 1 N–H and O–H groups in total. The van der Waals surface area contributed by atoms with E-state index in [-0.39, 0.29) is 29.6 Å². The fourth-order valence-corrected chi connectivity index (χ4v) is 5.34. The van der Waals surface area contributed by atoms with E-state index in [4.69, 9.17) is 0 Å². The summed E-state index contributed by atoms with van der Waals surface area (Å²) >= 11 is 0. The van der Waals surface area contributed by atoms with Gasteiger partial charge in [-0.3, -0.25) is 19.3 Å². The number of para-hydroxylation sites is 3. The van der Waals surface area contributed by atoms with Crippen molar-refractivity contribution in [1.29, 1.82) is 0 Å². The number of rotatable bonds is 10. The maximum atomic E-state index is 13.7. The molecule has 1 aliphatic heterocycles. The standard InChI is InChI=1S/C33H39N3O3/c1-5-21-33(3,4)32(39)35(6-2)22-11-12-24-17-19-25(20-18-24)23-30(37)36-28-15-9-7-13-26(28)31(38)34-27-14-8-10-16-29(27)36/h7-10,13-20H,5-6,11-12,21-23H2,1-4H3,(H,34,38). The smallest absolute Gasteiger partial charge is 0.257 e. The summed E-state index contributed by atoms with van der Waals surface area (Å²) in [6.07, 6.45) is 3.86. The Morgan fingerprint density at radius 3 is 2.21 bits per heavy atom. The number of carbonyl (C=O) groups is 3. The number of hydrogen-bond donors (Lipinski definition) is 1. The predicted octanol–water partition coefficient (Wildman–Crippen LogP) is 6.77.